The number of carbonyl (C=O) groups is 1. The van der Waals surface area contributed by atoms with Gasteiger partial charge in [0.2, 0.25) is 0 Å². The molecule has 3 nitrogen and oxygen atoms in total. The number of carbonyl (C=O) groups excluding carboxylic acids is 1. The van der Waals surface area contributed by atoms with Gasteiger partial charge in [-0.1, -0.05) is 0 Å². The molecule has 0 amide bonds. The van der Waals surface area contributed by atoms with Gasteiger partial charge in [-0.25, -0.2) is 4.98 Å². The molecule has 0 spiro atoms. The maximum Gasteiger partial charge on any atom is 0.168 e. The summed E-state index contributed by atoms with van der Waals surface area (Å²) in [7, 11) is 0. The summed E-state index contributed by atoms with van der Waals surface area (Å²) in [5.74, 6) is 0.116. The van der Waals surface area contributed by atoms with E-state index in [2.05, 4.69) is 4.98 Å². The fraction of sp³-hybridized carbons (Fsp3) is 0.143. The first kappa shape index (κ1) is 6.74. The fourth-order valence-corrected chi connectivity index (χ4v) is 0.639. The van der Waals surface area contributed by atoms with Crippen LogP contribution in [0.2, 0.25) is 0 Å². The summed E-state index contributed by atoms with van der Waals surface area (Å²) in [6, 6.07) is 2.92. The summed E-state index contributed by atoms with van der Waals surface area (Å²) in [6.07, 6.45) is 0.645. The summed E-state index contributed by atoms with van der Waals surface area (Å²) < 4.78 is 0. The summed E-state index contributed by atoms with van der Waals surface area (Å²) in [5.41, 5.74) is 0.819. The lowest BCUT2D eigenvalue weighted by molar-refractivity contribution is 0.111. The molecule has 1 N–H and O–H groups in total. The lowest BCUT2D eigenvalue weighted by Gasteiger charge is -1.95. The second-order valence-electron chi connectivity index (χ2n) is 1.96. The van der Waals surface area contributed by atoms with Gasteiger partial charge in [0.25, 0.3) is 0 Å². The predicted octanol–water partition coefficient (Wildman–Crippen LogP) is 0.908. The zero-order valence-corrected chi connectivity index (χ0v) is 5.53. The Morgan fingerprint density at radius 1 is 1.60 bits per heavy atom. The molecule has 0 atom stereocenters. The number of hydrogen-bond donors (Lipinski definition) is 1. The highest BCUT2D eigenvalue weighted by Gasteiger charge is 1.96. The highest BCUT2D eigenvalue weighted by atomic mass is 16.3. The van der Waals surface area contributed by atoms with Gasteiger partial charge in [0, 0.05) is 0 Å². The van der Waals surface area contributed by atoms with Crippen molar-refractivity contribution in [3.63, 3.8) is 0 Å². The van der Waals surface area contributed by atoms with Gasteiger partial charge < -0.3 is 5.11 Å². The number of nitrogens with zero attached hydrogens (tertiary/aromatic N) is 1. The number of aldehydes is 1. The minimum atomic E-state index is 0.116. The number of aromatic nitrogens is 1. The predicted molar refractivity (Wildman–Crippen MR) is 36.0 cm³/mol. The van der Waals surface area contributed by atoms with Crippen molar-refractivity contribution >= 4 is 6.29 Å². The Bertz CT molecular complexity index is 258. The number of aromatic hydroxyl groups is 1. The second kappa shape index (κ2) is 2.47. The molecule has 0 aliphatic rings. The van der Waals surface area contributed by atoms with Gasteiger partial charge in [-0.3, -0.25) is 4.79 Å². The van der Waals surface area contributed by atoms with Crippen LogP contribution in [0.15, 0.2) is 12.1 Å². The van der Waals surface area contributed by atoms with Crippen LogP contribution in [-0.4, -0.2) is 16.4 Å². The van der Waals surface area contributed by atoms with Crippen LogP contribution in [0, 0.1) is 6.92 Å². The molecule has 0 unspecified atom stereocenters. The number of aryl methyl sites for hydroxylation is 1. The minimum absolute atomic E-state index is 0.116. The van der Waals surface area contributed by atoms with E-state index in [1.54, 1.807) is 6.92 Å². The SMILES string of the molecule is Cc1nc(C=O)ccc1O. The van der Waals surface area contributed by atoms with Crippen molar-refractivity contribution in [3.8, 4) is 5.75 Å². The maximum atomic E-state index is 10.1. The van der Waals surface area contributed by atoms with Crippen LogP contribution in [0.1, 0.15) is 16.2 Å². The Morgan fingerprint density at radius 3 is 2.80 bits per heavy atom. The largest absolute Gasteiger partial charge is 0.506 e. The van der Waals surface area contributed by atoms with E-state index >= 15 is 0 Å². The molecule has 0 aromatic carbocycles. The van der Waals surface area contributed by atoms with Crippen molar-refractivity contribution in [2.45, 2.75) is 6.92 Å². The molecular formula is C7H7NO2. The van der Waals surface area contributed by atoms with Crippen molar-refractivity contribution < 1.29 is 9.90 Å². The van der Waals surface area contributed by atoms with E-state index < -0.39 is 0 Å². The number of rotatable bonds is 1. The van der Waals surface area contributed by atoms with Crippen molar-refractivity contribution in [3.05, 3.63) is 23.5 Å². The Labute approximate surface area is 58.3 Å². The zero-order chi connectivity index (χ0) is 7.56. The van der Waals surface area contributed by atoms with Crippen LogP contribution < -0.4 is 0 Å². The van der Waals surface area contributed by atoms with Gasteiger partial charge in [-0.2, -0.15) is 0 Å². The van der Waals surface area contributed by atoms with Crippen molar-refractivity contribution in [2.75, 3.05) is 0 Å². The lowest BCUT2D eigenvalue weighted by atomic mass is 10.3. The molecule has 1 rings (SSSR count). The van der Waals surface area contributed by atoms with Crippen LogP contribution in [0.5, 0.6) is 5.75 Å². The average molecular weight is 137 g/mol. The molecular weight excluding hydrogens is 130 g/mol. The molecule has 0 fully saturated rings. The topological polar surface area (TPSA) is 50.2 Å². The van der Waals surface area contributed by atoms with E-state index in [4.69, 9.17) is 5.11 Å². The Balaban J connectivity index is 3.16. The first-order valence-corrected chi connectivity index (χ1v) is 2.86. The number of hydrogen-bond acceptors (Lipinski definition) is 3. The van der Waals surface area contributed by atoms with Gasteiger partial charge in [0.15, 0.2) is 6.29 Å². The fourth-order valence-electron chi connectivity index (χ4n) is 0.639. The molecule has 10 heavy (non-hydrogen) atoms. The van der Waals surface area contributed by atoms with Gasteiger partial charge in [-0.15, -0.1) is 0 Å². The molecule has 52 valence electrons. The standard InChI is InChI=1S/C7H7NO2/c1-5-7(10)3-2-6(4-9)8-5/h2-4,10H,1H3. The van der Waals surface area contributed by atoms with E-state index in [9.17, 15) is 4.79 Å². The number of pyridine rings is 1. The lowest BCUT2D eigenvalue weighted by Crippen LogP contribution is -1.88. The van der Waals surface area contributed by atoms with E-state index in [1.807, 2.05) is 0 Å². The van der Waals surface area contributed by atoms with Crippen LogP contribution in [0.25, 0.3) is 0 Å². The third-order valence-electron chi connectivity index (χ3n) is 1.20. The third kappa shape index (κ3) is 1.13. The highest BCUT2D eigenvalue weighted by Crippen LogP contribution is 2.11. The monoisotopic (exact) mass is 137 g/mol. The molecule has 0 aliphatic heterocycles. The summed E-state index contributed by atoms with van der Waals surface area (Å²) in [5, 5.41) is 8.96. The first-order valence-electron chi connectivity index (χ1n) is 2.86. The highest BCUT2D eigenvalue weighted by molar-refractivity contribution is 5.71. The summed E-state index contributed by atoms with van der Waals surface area (Å²) in [6.45, 7) is 1.64. The van der Waals surface area contributed by atoms with E-state index in [-0.39, 0.29) is 5.75 Å². The van der Waals surface area contributed by atoms with Crippen LogP contribution in [-0.2, 0) is 0 Å². The van der Waals surface area contributed by atoms with Gasteiger partial charge >= 0.3 is 0 Å². The molecule has 1 aromatic rings. The zero-order valence-electron chi connectivity index (χ0n) is 5.53. The molecule has 0 saturated carbocycles. The Morgan fingerprint density at radius 2 is 2.30 bits per heavy atom. The molecule has 1 heterocycles. The summed E-state index contributed by atoms with van der Waals surface area (Å²) in [4.78, 5) is 13.9. The van der Waals surface area contributed by atoms with Crippen molar-refractivity contribution in [1.82, 2.24) is 4.98 Å². The molecule has 3 heteroatoms. The molecule has 0 bridgehead atoms. The van der Waals surface area contributed by atoms with Crippen LogP contribution >= 0.6 is 0 Å². The first-order chi connectivity index (χ1) is 4.74. The van der Waals surface area contributed by atoms with Gasteiger partial charge in [-0.05, 0) is 19.1 Å². The molecule has 0 aliphatic carbocycles. The van der Waals surface area contributed by atoms with E-state index in [0.29, 0.717) is 17.7 Å². The second-order valence-corrected chi connectivity index (χ2v) is 1.96. The Kier molecular flexibility index (Phi) is 1.67. The van der Waals surface area contributed by atoms with Crippen LogP contribution in [0.4, 0.5) is 0 Å². The van der Waals surface area contributed by atoms with E-state index in [0.717, 1.165) is 0 Å². The van der Waals surface area contributed by atoms with Crippen molar-refractivity contribution in [1.29, 1.82) is 0 Å². The maximum absolute atomic E-state index is 10.1. The van der Waals surface area contributed by atoms with Crippen molar-refractivity contribution in [2.24, 2.45) is 0 Å². The van der Waals surface area contributed by atoms with Gasteiger partial charge in [0.05, 0.1) is 5.69 Å². The van der Waals surface area contributed by atoms with E-state index in [1.165, 1.54) is 12.1 Å². The summed E-state index contributed by atoms with van der Waals surface area (Å²) >= 11 is 0. The normalized spacial score (nSPS) is 9.30. The van der Waals surface area contributed by atoms with Crippen LogP contribution in [0.3, 0.4) is 0 Å². The average Bonchev–Trinajstić information content (AvgIpc) is 1.95. The molecule has 0 radical (unpaired) electrons. The molecule has 1 aromatic heterocycles. The Hall–Kier alpha value is -1.38. The van der Waals surface area contributed by atoms with Gasteiger partial charge in [0.1, 0.15) is 11.4 Å². The third-order valence-corrected chi connectivity index (χ3v) is 1.20. The smallest absolute Gasteiger partial charge is 0.168 e. The quantitative estimate of drug-likeness (QED) is 0.585. The minimum Gasteiger partial charge on any atom is -0.506 e. The molecule has 0 saturated heterocycles.